The quantitative estimate of drug-likeness (QED) is 0.461. The van der Waals surface area contributed by atoms with Crippen molar-refractivity contribution >= 4 is 28.9 Å². The molecule has 6 heteroatoms. The first-order valence-corrected chi connectivity index (χ1v) is 8.67. The summed E-state index contributed by atoms with van der Waals surface area (Å²) in [6, 6.07) is 0. The molecule has 2 N–H and O–H groups in total. The van der Waals surface area contributed by atoms with Crippen LogP contribution in [0.1, 0.15) is 77.6 Å². The van der Waals surface area contributed by atoms with E-state index in [1.54, 1.807) is 0 Å². The van der Waals surface area contributed by atoms with E-state index in [4.69, 9.17) is 5.73 Å². The number of carbonyl (C=O) groups is 5. The van der Waals surface area contributed by atoms with Crippen molar-refractivity contribution in [3.63, 3.8) is 0 Å². The van der Waals surface area contributed by atoms with E-state index in [1.807, 2.05) is 6.92 Å². The predicted molar refractivity (Wildman–Crippen MR) is 90.6 cm³/mol. The number of ketones is 5. The molecule has 0 saturated heterocycles. The van der Waals surface area contributed by atoms with Gasteiger partial charge in [0.25, 0.3) is 0 Å². The van der Waals surface area contributed by atoms with Gasteiger partial charge in [-0.3, -0.25) is 24.0 Å². The normalized spacial score (nSPS) is 10.4. The highest BCUT2D eigenvalue weighted by Gasteiger charge is 2.12. The summed E-state index contributed by atoms with van der Waals surface area (Å²) in [6.07, 6.45) is 2.74. The van der Waals surface area contributed by atoms with Gasteiger partial charge in [-0.2, -0.15) is 0 Å². The molecule has 0 aliphatic carbocycles. The van der Waals surface area contributed by atoms with Crippen molar-refractivity contribution in [3.8, 4) is 0 Å². The Morgan fingerprint density at radius 3 is 1.00 bits per heavy atom. The van der Waals surface area contributed by atoms with Crippen molar-refractivity contribution in [3.05, 3.63) is 0 Å². The van der Waals surface area contributed by atoms with Crippen LogP contribution in [0.2, 0.25) is 0 Å². The first-order chi connectivity index (χ1) is 11.4. The highest BCUT2D eigenvalue weighted by Crippen LogP contribution is 2.07. The zero-order valence-electron chi connectivity index (χ0n) is 14.6. The van der Waals surface area contributed by atoms with Gasteiger partial charge in [-0.05, 0) is 13.0 Å². The molecule has 0 aromatic carbocycles. The molecule has 0 heterocycles. The molecule has 24 heavy (non-hydrogen) atoms. The van der Waals surface area contributed by atoms with Crippen LogP contribution in [0.15, 0.2) is 0 Å². The summed E-state index contributed by atoms with van der Waals surface area (Å²) in [6.45, 7) is 2.19. The average molecular weight is 339 g/mol. The lowest BCUT2D eigenvalue weighted by Crippen LogP contribution is -2.11. The zero-order valence-corrected chi connectivity index (χ0v) is 14.6. The van der Waals surface area contributed by atoms with Crippen LogP contribution in [0.25, 0.3) is 0 Å². The van der Waals surface area contributed by atoms with Crippen molar-refractivity contribution in [2.24, 2.45) is 5.73 Å². The van der Waals surface area contributed by atoms with Gasteiger partial charge < -0.3 is 5.73 Å². The predicted octanol–water partition coefficient (Wildman–Crippen LogP) is 2.10. The van der Waals surface area contributed by atoms with E-state index < -0.39 is 0 Å². The highest BCUT2D eigenvalue weighted by molar-refractivity contribution is 5.91. The topological polar surface area (TPSA) is 111 Å². The van der Waals surface area contributed by atoms with E-state index >= 15 is 0 Å². The molecule has 0 aromatic rings. The number of Topliss-reactive ketones (excluding diaryl/α,β-unsaturated/α-hetero) is 5. The summed E-state index contributed by atoms with van der Waals surface area (Å²) in [5.74, 6) is -0.311. The fourth-order valence-electron chi connectivity index (χ4n) is 2.18. The Balaban J connectivity index is 3.78. The van der Waals surface area contributed by atoms with Gasteiger partial charge in [0.2, 0.25) is 0 Å². The molecule has 0 aromatic heterocycles. The maximum Gasteiger partial charge on any atom is 0.134 e. The Kier molecular flexibility index (Phi) is 12.8. The number of hydrogen-bond donors (Lipinski definition) is 1. The maximum atomic E-state index is 11.7. The van der Waals surface area contributed by atoms with Gasteiger partial charge >= 0.3 is 0 Å². The van der Waals surface area contributed by atoms with Gasteiger partial charge in [0.1, 0.15) is 28.9 Å². The molecule has 0 rings (SSSR count). The van der Waals surface area contributed by atoms with Crippen molar-refractivity contribution < 1.29 is 24.0 Å². The molecule has 0 atom stereocenters. The second-order valence-corrected chi connectivity index (χ2v) is 5.98. The Morgan fingerprint density at radius 2 is 0.750 bits per heavy atom. The number of carbonyl (C=O) groups excluding carboxylic acids is 5. The van der Waals surface area contributed by atoms with Gasteiger partial charge in [-0.25, -0.2) is 0 Å². The maximum absolute atomic E-state index is 11.7. The van der Waals surface area contributed by atoms with E-state index in [2.05, 4.69) is 0 Å². The zero-order chi connectivity index (χ0) is 18.4. The Morgan fingerprint density at radius 1 is 0.500 bits per heavy atom. The van der Waals surface area contributed by atoms with E-state index in [-0.39, 0.29) is 93.2 Å². The minimum atomic E-state index is -0.134. The lowest BCUT2D eigenvalue weighted by molar-refractivity contribution is -0.127. The molecule has 0 radical (unpaired) electrons. The molecule has 0 aliphatic rings. The molecular formula is C18H29NO5. The summed E-state index contributed by atoms with van der Waals surface area (Å²) in [5.41, 5.74) is 5.25. The average Bonchev–Trinajstić information content (AvgIpc) is 2.54. The van der Waals surface area contributed by atoms with E-state index in [0.29, 0.717) is 6.42 Å². The second kappa shape index (κ2) is 13.7. The Bertz CT molecular complexity index is 416. The SMILES string of the molecule is CCCC(=O)CCC(=O)CCC(=O)CCC(=O)CCC(=O)CCN. The first-order valence-electron chi connectivity index (χ1n) is 8.67. The molecular weight excluding hydrogens is 310 g/mol. The smallest absolute Gasteiger partial charge is 0.134 e. The van der Waals surface area contributed by atoms with Crippen LogP contribution >= 0.6 is 0 Å². The molecule has 136 valence electrons. The Labute approximate surface area is 143 Å². The van der Waals surface area contributed by atoms with Crippen molar-refractivity contribution in [2.45, 2.75) is 77.6 Å². The fraction of sp³-hybridized carbons (Fsp3) is 0.722. The lowest BCUT2D eigenvalue weighted by atomic mass is 10.0. The second-order valence-electron chi connectivity index (χ2n) is 5.98. The molecule has 6 nitrogen and oxygen atoms in total. The first kappa shape index (κ1) is 22.3. The number of nitrogens with two attached hydrogens (primary N) is 1. The summed E-state index contributed by atoms with van der Waals surface area (Å²) < 4.78 is 0. The molecule has 0 spiro atoms. The summed E-state index contributed by atoms with van der Waals surface area (Å²) >= 11 is 0. The minimum Gasteiger partial charge on any atom is -0.330 e. The standard InChI is InChI=1S/C18H29NO5/c1-2-3-14(20)4-5-15(21)6-7-16(22)8-9-17(23)10-11-18(24)12-13-19/h2-13,19H2,1H3. The molecule has 0 amide bonds. The molecule has 0 fully saturated rings. The largest absolute Gasteiger partial charge is 0.330 e. The third-order valence-electron chi connectivity index (χ3n) is 3.68. The lowest BCUT2D eigenvalue weighted by Gasteiger charge is -2.02. The van der Waals surface area contributed by atoms with Crippen LogP contribution < -0.4 is 5.73 Å². The summed E-state index contributed by atoms with van der Waals surface area (Å²) in [4.78, 5) is 57.5. The van der Waals surface area contributed by atoms with Gasteiger partial charge in [0, 0.05) is 64.2 Å². The van der Waals surface area contributed by atoms with Crippen molar-refractivity contribution in [1.82, 2.24) is 0 Å². The number of rotatable bonds is 16. The fourth-order valence-corrected chi connectivity index (χ4v) is 2.18. The van der Waals surface area contributed by atoms with Gasteiger partial charge in [-0.15, -0.1) is 0 Å². The molecule has 0 aliphatic heterocycles. The third-order valence-corrected chi connectivity index (χ3v) is 3.68. The molecule has 0 unspecified atom stereocenters. The van der Waals surface area contributed by atoms with E-state index in [1.165, 1.54) is 0 Å². The van der Waals surface area contributed by atoms with Crippen LogP contribution in [0, 0.1) is 0 Å². The van der Waals surface area contributed by atoms with Crippen molar-refractivity contribution in [1.29, 1.82) is 0 Å². The van der Waals surface area contributed by atoms with Gasteiger partial charge in [0.15, 0.2) is 0 Å². The van der Waals surface area contributed by atoms with Crippen LogP contribution in [0.4, 0.5) is 0 Å². The molecule has 0 saturated carbocycles. The minimum absolute atomic E-state index is 0.0413. The number of hydrogen-bond acceptors (Lipinski definition) is 6. The summed E-state index contributed by atoms with van der Waals surface area (Å²) in [5, 5.41) is 0. The monoisotopic (exact) mass is 339 g/mol. The van der Waals surface area contributed by atoms with Gasteiger partial charge in [-0.1, -0.05) is 6.92 Å². The molecule has 0 bridgehead atoms. The van der Waals surface area contributed by atoms with Gasteiger partial charge in [0.05, 0.1) is 0 Å². The van der Waals surface area contributed by atoms with Crippen LogP contribution in [-0.2, 0) is 24.0 Å². The van der Waals surface area contributed by atoms with Crippen LogP contribution in [0.5, 0.6) is 0 Å². The van der Waals surface area contributed by atoms with Crippen LogP contribution in [-0.4, -0.2) is 35.5 Å². The highest BCUT2D eigenvalue weighted by atomic mass is 16.1. The van der Waals surface area contributed by atoms with Crippen molar-refractivity contribution in [2.75, 3.05) is 6.54 Å². The van der Waals surface area contributed by atoms with E-state index in [9.17, 15) is 24.0 Å². The third kappa shape index (κ3) is 12.8. The van der Waals surface area contributed by atoms with E-state index in [0.717, 1.165) is 6.42 Å². The van der Waals surface area contributed by atoms with Crippen LogP contribution in [0.3, 0.4) is 0 Å². The summed E-state index contributed by atoms with van der Waals surface area (Å²) in [7, 11) is 0. The Hall–Kier alpha value is -1.69.